The molecule has 0 aromatic carbocycles. The van der Waals surface area contributed by atoms with Gasteiger partial charge in [-0.3, -0.25) is 19.3 Å². The number of aromatic nitrogens is 5. The molecule has 13 nitrogen and oxygen atoms in total. The van der Waals surface area contributed by atoms with Crippen LogP contribution in [0.25, 0.3) is 11.2 Å². The molecular weight excluding hydrogens is 406 g/mol. The molecule has 0 aliphatic carbocycles. The molecule has 14 heteroatoms. The summed E-state index contributed by atoms with van der Waals surface area (Å²) >= 11 is 0. The fourth-order valence-corrected chi connectivity index (χ4v) is 4.05. The summed E-state index contributed by atoms with van der Waals surface area (Å²) in [6.07, 6.45) is -1.23. The first-order valence-electron chi connectivity index (χ1n) is 8.41. The number of H-pyrrole nitrogens is 1. The van der Waals surface area contributed by atoms with Crippen molar-refractivity contribution in [3.63, 3.8) is 0 Å². The van der Waals surface area contributed by atoms with Crippen molar-refractivity contribution in [3.05, 3.63) is 41.2 Å². The summed E-state index contributed by atoms with van der Waals surface area (Å²) in [7, 11) is -3.88. The Kier molecular flexibility index (Phi) is 4.79. The molecule has 4 rings (SSSR count). The summed E-state index contributed by atoms with van der Waals surface area (Å²) < 4.78 is 33.8. The Balaban J connectivity index is 1.55. The standard InChI is InChI=1S/C15H17N7O6S/c16-15-20-12-9(13(25)21-15)18-6-22(12)14-11(24)10(23)8(28-14)5-19-29(26,27)7-2-1-3-17-4-7/h1-4,6,8,10-11,14,19,23-24H,5H2,(H3,16,20,21,25)/t8-,10-,11-,14-/m1/s1. The van der Waals surface area contributed by atoms with Crippen molar-refractivity contribution in [2.24, 2.45) is 0 Å². The van der Waals surface area contributed by atoms with Crippen LogP contribution in [0.1, 0.15) is 6.23 Å². The monoisotopic (exact) mass is 423 g/mol. The van der Waals surface area contributed by atoms with E-state index in [1.165, 1.54) is 35.4 Å². The Morgan fingerprint density at radius 2 is 2.14 bits per heavy atom. The molecule has 0 radical (unpaired) electrons. The van der Waals surface area contributed by atoms with E-state index in [0.717, 1.165) is 0 Å². The normalized spacial score (nSPS) is 24.9. The highest BCUT2D eigenvalue weighted by atomic mass is 32.2. The summed E-state index contributed by atoms with van der Waals surface area (Å²) in [6, 6.07) is 2.84. The van der Waals surface area contributed by atoms with E-state index in [1.807, 2.05) is 0 Å². The fourth-order valence-electron chi connectivity index (χ4n) is 3.04. The first kappa shape index (κ1) is 19.4. The maximum Gasteiger partial charge on any atom is 0.280 e. The van der Waals surface area contributed by atoms with Crippen LogP contribution in [0.15, 0.2) is 40.5 Å². The zero-order valence-corrected chi connectivity index (χ0v) is 15.5. The number of aromatic amines is 1. The highest BCUT2D eigenvalue weighted by Crippen LogP contribution is 2.31. The van der Waals surface area contributed by atoms with E-state index in [0.29, 0.717) is 0 Å². The van der Waals surface area contributed by atoms with Gasteiger partial charge in [0.1, 0.15) is 23.2 Å². The number of nitrogens with two attached hydrogens (primary N) is 1. The van der Waals surface area contributed by atoms with Crippen molar-refractivity contribution < 1.29 is 23.4 Å². The Morgan fingerprint density at radius 3 is 2.86 bits per heavy atom. The molecule has 0 spiro atoms. The lowest BCUT2D eigenvalue weighted by molar-refractivity contribution is -0.0330. The van der Waals surface area contributed by atoms with E-state index < -0.39 is 40.1 Å². The van der Waals surface area contributed by atoms with E-state index in [-0.39, 0.29) is 28.6 Å². The number of ether oxygens (including phenoxy) is 1. The van der Waals surface area contributed by atoms with E-state index >= 15 is 0 Å². The van der Waals surface area contributed by atoms with Gasteiger partial charge in [0.05, 0.1) is 6.33 Å². The first-order valence-corrected chi connectivity index (χ1v) is 9.90. The minimum absolute atomic E-state index is 0.0229. The van der Waals surface area contributed by atoms with E-state index in [9.17, 15) is 23.4 Å². The van der Waals surface area contributed by atoms with Crippen LogP contribution < -0.4 is 16.0 Å². The number of rotatable bonds is 5. The maximum absolute atomic E-state index is 12.3. The molecule has 0 bridgehead atoms. The highest BCUT2D eigenvalue weighted by molar-refractivity contribution is 7.89. The summed E-state index contributed by atoms with van der Waals surface area (Å²) in [5, 5.41) is 20.7. The molecule has 3 aromatic rings. The van der Waals surface area contributed by atoms with Crippen LogP contribution in [0.3, 0.4) is 0 Å². The van der Waals surface area contributed by atoms with Crippen LogP contribution in [0.4, 0.5) is 5.95 Å². The molecule has 1 saturated heterocycles. The van der Waals surface area contributed by atoms with Crippen molar-refractivity contribution in [2.75, 3.05) is 12.3 Å². The van der Waals surface area contributed by atoms with Gasteiger partial charge in [-0.15, -0.1) is 0 Å². The van der Waals surface area contributed by atoms with E-state index in [2.05, 4.69) is 24.7 Å². The topological polar surface area (TPSA) is 198 Å². The van der Waals surface area contributed by atoms with Gasteiger partial charge >= 0.3 is 0 Å². The number of pyridine rings is 1. The molecule has 0 unspecified atom stereocenters. The number of aliphatic hydroxyl groups is 2. The van der Waals surface area contributed by atoms with Gasteiger partial charge in [0.2, 0.25) is 16.0 Å². The number of nitrogens with zero attached hydrogens (tertiary/aromatic N) is 4. The number of hydrogen-bond donors (Lipinski definition) is 5. The van der Waals surface area contributed by atoms with Crippen molar-refractivity contribution in [2.45, 2.75) is 29.4 Å². The second-order valence-electron chi connectivity index (χ2n) is 6.36. The van der Waals surface area contributed by atoms with Gasteiger partial charge in [-0.25, -0.2) is 18.1 Å². The number of hydrogen-bond acceptors (Lipinski definition) is 10. The van der Waals surface area contributed by atoms with Crippen molar-refractivity contribution >= 4 is 27.1 Å². The van der Waals surface area contributed by atoms with Gasteiger partial charge in [-0.2, -0.15) is 4.98 Å². The average Bonchev–Trinajstić information content (AvgIpc) is 3.23. The maximum atomic E-state index is 12.3. The largest absolute Gasteiger partial charge is 0.387 e. The number of aliphatic hydroxyl groups excluding tert-OH is 2. The Labute approximate surface area is 163 Å². The zero-order valence-electron chi connectivity index (χ0n) is 14.7. The third kappa shape index (κ3) is 3.47. The fraction of sp³-hybridized carbons (Fsp3) is 0.333. The molecule has 1 aliphatic heterocycles. The quantitative estimate of drug-likeness (QED) is 0.297. The third-order valence-corrected chi connectivity index (χ3v) is 5.89. The van der Waals surface area contributed by atoms with Crippen LogP contribution in [-0.4, -0.2) is 68.0 Å². The summed E-state index contributed by atoms with van der Waals surface area (Å²) in [5.41, 5.74) is 5.01. The molecule has 1 fully saturated rings. The number of fused-ring (bicyclic) bond motifs is 1. The number of nitrogen functional groups attached to an aromatic ring is 1. The Morgan fingerprint density at radius 1 is 1.34 bits per heavy atom. The van der Waals surface area contributed by atoms with Gasteiger partial charge in [0.15, 0.2) is 17.4 Å². The predicted molar refractivity (Wildman–Crippen MR) is 97.9 cm³/mol. The van der Waals surface area contributed by atoms with Crippen LogP contribution in [-0.2, 0) is 14.8 Å². The molecule has 3 aromatic heterocycles. The number of sulfonamides is 1. The van der Waals surface area contributed by atoms with Crippen LogP contribution in [0, 0.1) is 0 Å². The molecule has 29 heavy (non-hydrogen) atoms. The van der Waals surface area contributed by atoms with Crippen LogP contribution in [0.2, 0.25) is 0 Å². The number of nitrogens with one attached hydrogen (secondary N) is 2. The second kappa shape index (κ2) is 7.16. The van der Waals surface area contributed by atoms with Crippen molar-refractivity contribution in [3.8, 4) is 0 Å². The molecule has 154 valence electrons. The summed E-state index contributed by atoms with van der Waals surface area (Å²) in [5.74, 6) is -0.155. The SMILES string of the molecule is Nc1nc2c(ncn2[C@@H]2O[C@H](CNS(=O)(=O)c3cccnc3)[C@@H](O)[C@H]2O)c(=O)[nH]1. The Bertz CT molecular complexity index is 1190. The molecule has 0 amide bonds. The van der Waals surface area contributed by atoms with Gasteiger partial charge in [-0.1, -0.05) is 0 Å². The lowest BCUT2D eigenvalue weighted by atomic mass is 10.1. The minimum atomic E-state index is -3.88. The summed E-state index contributed by atoms with van der Waals surface area (Å²) in [4.78, 5) is 25.8. The van der Waals surface area contributed by atoms with E-state index in [4.69, 9.17) is 10.5 Å². The van der Waals surface area contributed by atoms with Crippen molar-refractivity contribution in [1.29, 1.82) is 0 Å². The first-order chi connectivity index (χ1) is 13.8. The highest BCUT2D eigenvalue weighted by Gasteiger charge is 2.44. The van der Waals surface area contributed by atoms with Gasteiger partial charge in [0.25, 0.3) is 5.56 Å². The lowest BCUT2D eigenvalue weighted by Crippen LogP contribution is -2.39. The average molecular weight is 423 g/mol. The molecule has 4 atom stereocenters. The minimum Gasteiger partial charge on any atom is -0.387 e. The van der Waals surface area contributed by atoms with Gasteiger partial charge < -0.3 is 20.7 Å². The lowest BCUT2D eigenvalue weighted by Gasteiger charge is -2.16. The third-order valence-electron chi connectivity index (χ3n) is 4.48. The number of imidazole rings is 1. The number of anilines is 1. The van der Waals surface area contributed by atoms with Crippen LogP contribution in [0.5, 0.6) is 0 Å². The molecule has 1 aliphatic rings. The molecule has 6 N–H and O–H groups in total. The van der Waals surface area contributed by atoms with Crippen molar-refractivity contribution in [1.82, 2.24) is 29.2 Å². The second-order valence-corrected chi connectivity index (χ2v) is 8.13. The van der Waals surface area contributed by atoms with Gasteiger partial charge in [0, 0.05) is 18.9 Å². The summed E-state index contributed by atoms with van der Waals surface area (Å²) in [6.45, 7) is -0.311. The van der Waals surface area contributed by atoms with E-state index in [1.54, 1.807) is 0 Å². The molecule has 4 heterocycles. The Hall–Kier alpha value is -2.91. The zero-order chi connectivity index (χ0) is 20.8. The van der Waals surface area contributed by atoms with Crippen LogP contribution >= 0.6 is 0 Å². The van der Waals surface area contributed by atoms with Gasteiger partial charge in [-0.05, 0) is 12.1 Å². The molecule has 0 saturated carbocycles. The predicted octanol–water partition coefficient (Wildman–Crippen LogP) is -2.31. The molecular formula is C15H17N7O6S. The smallest absolute Gasteiger partial charge is 0.280 e.